The first-order chi connectivity index (χ1) is 14.6. The number of aromatic nitrogens is 2. The number of hydrogen-bond acceptors (Lipinski definition) is 3. The quantitative estimate of drug-likeness (QED) is 0.441. The molecule has 0 spiro atoms. The third-order valence-electron chi connectivity index (χ3n) is 5.39. The van der Waals surface area contributed by atoms with E-state index in [2.05, 4.69) is 57.5 Å². The number of pyridine rings is 1. The van der Waals surface area contributed by atoms with Crippen molar-refractivity contribution in [2.24, 2.45) is 0 Å². The molecule has 30 heavy (non-hydrogen) atoms. The van der Waals surface area contributed by atoms with Crippen molar-refractivity contribution in [3.8, 4) is 11.1 Å². The minimum atomic E-state index is -0.424. The van der Waals surface area contributed by atoms with E-state index < -0.39 is 6.04 Å². The van der Waals surface area contributed by atoms with Gasteiger partial charge in [-0.05, 0) is 41.5 Å². The number of aromatic amines is 1. The number of anilines is 1. The lowest BCUT2D eigenvalue weighted by molar-refractivity contribution is -0.117. The normalized spacial score (nSPS) is 16.0. The summed E-state index contributed by atoms with van der Waals surface area (Å²) in [6, 6.07) is 17.2. The second kappa shape index (κ2) is 7.35. The standard InChI is InChI=1S/C24H19ClN4O/c1-14-19-12-17(25)8-9-21(19)29-24(30)22(28-14)11-15-4-6-16(7-5-15)20-13-27-23-18(20)3-2-10-26-23/h2-10,12-13,22,28H,1,11H2,(H,26,27)(H,29,30). The van der Waals surface area contributed by atoms with Crippen LogP contribution in [0, 0.1) is 0 Å². The molecule has 5 rings (SSSR count). The Labute approximate surface area is 178 Å². The van der Waals surface area contributed by atoms with Crippen molar-refractivity contribution in [1.82, 2.24) is 15.3 Å². The molecular weight excluding hydrogens is 396 g/mol. The third-order valence-corrected chi connectivity index (χ3v) is 5.62. The van der Waals surface area contributed by atoms with Crippen LogP contribution in [-0.2, 0) is 11.2 Å². The van der Waals surface area contributed by atoms with E-state index in [0.717, 1.165) is 33.3 Å². The highest BCUT2D eigenvalue weighted by Gasteiger charge is 2.25. The van der Waals surface area contributed by atoms with Gasteiger partial charge in [-0.3, -0.25) is 4.79 Å². The number of nitrogens with zero attached hydrogens (tertiary/aromatic N) is 1. The van der Waals surface area contributed by atoms with E-state index in [1.165, 1.54) is 0 Å². The van der Waals surface area contributed by atoms with Crippen molar-refractivity contribution >= 4 is 39.9 Å². The summed E-state index contributed by atoms with van der Waals surface area (Å²) in [6.45, 7) is 4.09. The van der Waals surface area contributed by atoms with E-state index in [0.29, 0.717) is 22.8 Å². The van der Waals surface area contributed by atoms with E-state index >= 15 is 0 Å². The number of amides is 1. The number of hydrogen-bond donors (Lipinski definition) is 3. The second-order valence-corrected chi connectivity index (χ2v) is 7.79. The van der Waals surface area contributed by atoms with Gasteiger partial charge in [-0.25, -0.2) is 4.98 Å². The van der Waals surface area contributed by atoms with Gasteiger partial charge in [0.25, 0.3) is 0 Å². The number of carbonyl (C=O) groups is 1. The molecule has 0 bridgehead atoms. The summed E-state index contributed by atoms with van der Waals surface area (Å²) in [5.74, 6) is -0.0935. The van der Waals surface area contributed by atoms with Gasteiger partial charge in [0, 0.05) is 46.0 Å². The monoisotopic (exact) mass is 414 g/mol. The molecule has 1 amide bonds. The maximum absolute atomic E-state index is 12.8. The van der Waals surface area contributed by atoms with Gasteiger partial charge < -0.3 is 15.6 Å². The molecule has 0 aliphatic carbocycles. The second-order valence-electron chi connectivity index (χ2n) is 7.36. The van der Waals surface area contributed by atoms with Gasteiger partial charge in [-0.2, -0.15) is 0 Å². The lowest BCUT2D eigenvalue weighted by atomic mass is 10.0. The van der Waals surface area contributed by atoms with Crippen molar-refractivity contribution < 1.29 is 4.79 Å². The third kappa shape index (κ3) is 3.33. The number of carbonyl (C=O) groups excluding carboxylic acids is 1. The molecule has 0 fully saturated rings. The van der Waals surface area contributed by atoms with Gasteiger partial charge in [-0.15, -0.1) is 0 Å². The predicted molar refractivity (Wildman–Crippen MR) is 121 cm³/mol. The van der Waals surface area contributed by atoms with E-state index in [-0.39, 0.29) is 5.91 Å². The molecule has 5 nitrogen and oxygen atoms in total. The van der Waals surface area contributed by atoms with Crippen LogP contribution in [0.15, 0.2) is 73.6 Å². The molecule has 1 unspecified atom stereocenters. The van der Waals surface area contributed by atoms with Crippen LogP contribution in [-0.4, -0.2) is 21.9 Å². The fourth-order valence-corrected chi connectivity index (χ4v) is 4.02. The number of H-pyrrole nitrogens is 1. The highest BCUT2D eigenvalue weighted by molar-refractivity contribution is 6.31. The van der Waals surface area contributed by atoms with Crippen molar-refractivity contribution in [3.05, 3.63) is 89.7 Å². The number of rotatable bonds is 3. The fraction of sp³-hybridized carbons (Fsp3) is 0.0833. The Kier molecular flexibility index (Phi) is 4.52. The van der Waals surface area contributed by atoms with Crippen molar-refractivity contribution in [2.75, 3.05) is 5.32 Å². The van der Waals surface area contributed by atoms with Crippen LogP contribution >= 0.6 is 11.6 Å². The molecule has 6 heteroatoms. The Hall–Kier alpha value is -3.57. The zero-order valence-electron chi connectivity index (χ0n) is 16.1. The molecular formula is C24H19ClN4O. The number of halogens is 1. The summed E-state index contributed by atoms with van der Waals surface area (Å²) >= 11 is 6.10. The molecule has 148 valence electrons. The summed E-state index contributed by atoms with van der Waals surface area (Å²) < 4.78 is 0. The molecule has 0 saturated carbocycles. The lowest BCUT2D eigenvalue weighted by Gasteiger charge is -2.17. The molecule has 1 atom stereocenters. The van der Waals surface area contributed by atoms with Crippen LogP contribution < -0.4 is 10.6 Å². The molecule has 3 heterocycles. The Bertz CT molecular complexity index is 1280. The first-order valence-corrected chi connectivity index (χ1v) is 10.0. The zero-order valence-corrected chi connectivity index (χ0v) is 16.8. The number of nitrogens with one attached hydrogen (secondary N) is 3. The van der Waals surface area contributed by atoms with Gasteiger partial charge in [0.2, 0.25) is 5.91 Å². The average molecular weight is 415 g/mol. The van der Waals surface area contributed by atoms with Crippen LogP contribution in [0.25, 0.3) is 27.9 Å². The summed E-state index contributed by atoms with van der Waals surface area (Å²) in [5.41, 5.74) is 6.33. The Morgan fingerprint density at radius 1 is 1.07 bits per heavy atom. The summed E-state index contributed by atoms with van der Waals surface area (Å²) in [5, 5.41) is 7.91. The van der Waals surface area contributed by atoms with Gasteiger partial charge in [-0.1, -0.05) is 42.4 Å². The van der Waals surface area contributed by atoms with Crippen molar-refractivity contribution in [3.63, 3.8) is 0 Å². The van der Waals surface area contributed by atoms with Crippen LogP contribution in [0.2, 0.25) is 5.02 Å². The molecule has 4 aromatic rings. The molecule has 2 aromatic heterocycles. The highest BCUT2D eigenvalue weighted by Crippen LogP contribution is 2.30. The molecule has 2 aromatic carbocycles. The Morgan fingerprint density at radius 3 is 2.73 bits per heavy atom. The largest absolute Gasteiger partial charge is 0.373 e. The summed E-state index contributed by atoms with van der Waals surface area (Å²) in [6.07, 6.45) is 4.29. The first kappa shape index (κ1) is 18.5. The fourth-order valence-electron chi connectivity index (χ4n) is 3.84. The van der Waals surface area contributed by atoms with Crippen molar-refractivity contribution in [2.45, 2.75) is 12.5 Å². The molecule has 1 aliphatic heterocycles. The van der Waals surface area contributed by atoms with Crippen LogP contribution in [0.3, 0.4) is 0 Å². The Morgan fingerprint density at radius 2 is 1.90 bits per heavy atom. The average Bonchev–Trinajstić information content (AvgIpc) is 3.14. The Balaban J connectivity index is 1.37. The SMILES string of the molecule is C=C1NC(Cc2ccc(-c3c[nH]c4ncccc34)cc2)C(=O)Nc2ccc(Cl)cc21. The molecule has 0 radical (unpaired) electrons. The zero-order chi connectivity index (χ0) is 20.7. The number of fused-ring (bicyclic) bond motifs is 2. The smallest absolute Gasteiger partial charge is 0.247 e. The van der Waals surface area contributed by atoms with Crippen LogP contribution in [0.4, 0.5) is 5.69 Å². The van der Waals surface area contributed by atoms with Gasteiger partial charge in [0.1, 0.15) is 11.7 Å². The van der Waals surface area contributed by atoms with Crippen LogP contribution in [0.1, 0.15) is 11.1 Å². The van der Waals surface area contributed by atoms with Gasteiger partial charge >= 0.3 is 0 Å². The summed E-state index contributed by atoms with van der Waals surface area (Å²) in [7, 11) is 0. The molecule has 3 N–H and O–H groups in total. The predicted octanol–water partition coefficient (Wildman–Crippen LogP) is 5.01. The highest BCUT2D eigenvalue weighted by atomic mass is 35.5. The van der Waals surface area contributed by atoms with E-state index in [4.69, 9.17) is 11.6 Å². The van der Waals surface area contributed by atoms with E-state index in [9.17, 15) is 4.79 Å². The van der Waals surface area contributed by atoms with Gasteiger partial charge in [0.15, 0.2) is 0 Å². The maximum Gasteiger partial charge on any atom is 0.247 e. The van der Waals surface area contributed by atoms with Crippen LogP contribution in [0.5, 0.6) is 0 Å². The minimum Gasteiger partial charge on any atom is -0.373 e. The first-order valence-electron chi connectivity index (χ1n) is 9.66. The molecule has 1 aliphatic rings. The van der Waals surface area contributed by atoms with Crippen molar-refractivity contribution in [1.29, 1.82) is 0 Å². The lowest BCUT2D eigenvalue weighted by Crippen LogP contribution is -2.39. The van der Waals surface area contributed by atoms with E-state index in [1.54, 1.807) is 24.4 Å². The maximum atomic E-state index is 12.8. The topological polar surface area (TPSA) is 69.8 Å². The minimum absolute atomic E-state index is 0.0935. The number of benzene rings is 2. The summed E-state index contributed by atoms with van der Waals surface area (Å²) in [4.78, 5) is 20.3. The van der Waals surface area contributed by atoms with E-state index in [1.807, 2.05) is 12.3 Å². The molecule has 0 saturated heterocycles. The van der Waals surface area contributed by atoms with Gasteiger partial charge in [0.05, 0.1) is 5.69 Å².